The standard InChI is InChI=1S/C19H23B2ClN4/c1-19(20,21)26-10-8-25(9-11-26)18-14-4-2-3-5-15(14)23-16-7-6-13(22)12-17(16)24-18/h2-7,12,23H,8-11,20-21H2,1H3. The molecule has 2 aromatic carbocycles. The molecule has 4 nitrogen and oxygen atoms in total. The van der Waals surface area contributed by atoms with Crippen LogP contribution in [0.15, 0.2) is 47.5 Å². The molecular formula is C19H23B2ClN4. The number of aliphatic imine (C=N–C) groups is 1. The zero-order valence-corrected chi connectivity index (χ0v) is 16.3. The van der Waals surface area contributed by atoms with E-state index in [1.807, 2.05) is 18.2 Å². The molecule has 0 aliphatic carbocycles. The van der Waals surface area contributed by atoms with Crippen LogP contribution in [-0.2, 0) is 0 Å². The lowest BCUT2D eigenvalue weighted by atomic mass is 9.62. The zero-order valence-electron chi connectivity index (χ0n) is 15.6. The molecule has 4 rings (SSSR count). The van der Waals surface area contributed by atoms with Crippen molar-refractivity contribution in [3.8, 4) is 0 Å². The first kappa shape index (κ1) is 17.5. The predicted octanol–water partition coefficient (Wildman–Crippen LogP) is 2.03. The first-order valence-electron chi connectivity index (χ1n) is 9.16. The second-order valence-electron chi connectivity index (χ2n) is 7.91. The third-order valence-corrected chi connectivity index (χ3v) is 5.39. The van der Waals surface area contributed by atoms with Gasteiger partial charge in [-0.25, -0.2) is 4.99 Å². The molecule has 1 N–H and O–H groups in total. The Labute approximate surface area is 162 Å². The minimum atomic E-state index is 0.205. The van der Waals surface area contributed by atoms with Gasteiger partial charge in [0.1, 0.15) is 21.5 Å². The van der Waals surface area contributed by atoms with Gasteiger partial charge in [-0.15, -0.1) is 0 Å². The highest BCUT2D eigenvalue weighted by molar-refractivity contribution is 6.39. The number of rotatable bonds is 1. The number of benzene rings is 2. The Bertz CT molecular complexity index is 855. The van der Waals surface area contributed by atoms with Crippen molar-refractivity contribution >= 4 is 50.2 Å². The monoisotopic (exact) mass is 364 g/mol. The van der Waals surface area contributed by atoms with Crippen molar-refractivity contribution in [2.45, 2.75) is 12.3 Å². The van der Waals surface area contributed by atoms with E-state index >= 15 is 0 Å². The van der Waals surface area contributed by atoms with Gasteiger partial charge in [0.2, 0.25) is 0 Å². The molecule has 0 aromatic heterocycles. The van der Waals surface area contributed by atoms with E-state index in [1.165, 1.54) is 0 Å². The number of piperazine rings is 1. The average Bonchev–Trinajstić information content (AvgIpc) is 2.77. The normalized spacial score (nSPS) is 17.6. The number of hydrogen-bond acceptors (Lipinski definition) is 4. The van der Waals surface area contributed by atoms with Crippen molar-refractivity contribution in [1.29, 1.82) is 0 Å². The maximum atomic E-state index is 6.23. The Morgan fingerprint density at radius 3 is 2.50 bits per heavy atom. The molecule has 2 aromatic rings. The van der Waals surface area contributed by atoms with Crippen LogP contribution in [0.25, 0.3) is 0 Å². The van der Waals surface area contributed by atoms with Gasteiger partial charge in [0.15, 0.2) is 0 Å². The largest absolute Gasteiger partial charge is 0.353 e. The summed E-state index contributed by atoms with van der Waals surface area (Å²) in [5.41, 5.74) is 4.11. The smallest absolute Gasteiger partial charge is 0.138 e. The van der Waals surface area contributed by atoms with Crippen LogP contribution in [-0.4, -0.2) is 62.8 Å². The van der Waals surface area contributed by atoms with E-state index in [0.29, 0.717) is 5.02 Å². The van der Waals surface area contributed by atoms with Crippen LogP contribution < -0.4 is 5.32 Å². The average molecular weight is 364 g/mol. The van der Waals surface area contributed by atoms with Crippen LogP contribution in [0.3, 0.4) is 0 Å². The fraction of sp³-hybridized carbons (Fsp3) is 0.316. The van der Waals surface area contributed by atoms with Gasteiger partial charge >= 0.3 is 0 Å². The number of hydrogen-bond donors (Lipinski definition) is 1. The summed E-state index contributed by atoms with van der Waals surface area (Å²) in [6.45, 7) is 6.31. The SMILES string of the molecule is BC(B)(C)N1CCN(C2=Nc3cc(Cl)ccc3Nc3ccccc32)CC1. The van der Waals surface area contributed by atoms with Crippen LogP contribution in [0.1, 0.15) is 12.5 Å². The molecule has 26 heavy (non-hydrogen) atoms. The number of nitrogens with one attached hydrogen (secondary N) is 1. The summed E-state index contributed by atoms with van der Waals surface area (Å²) in [6.07, 6.45) is 0. The van der Waals surface area contributed by atoms with E-state index in [4.69, 9.17) is 16.6 Å². The Balaban J connectivity index is 1.72. The number of nitrogens with zero attached hydrogens (tertiary/aromatic N) is 3. The summed E-state index contributed by atoms with van der Waals surface area (Å²) in [5, 5.41) is 4.43. The molecule has 2 aliphatic rings. The topological polar surface area (TPSA) is 30.9 Å². The van der Waals surface area contributed by atoms with E-state index in [9.17, 15) is 0 Å². The lowest BCUT2D eigenvalue weighted by molar-refractivity contribution is 0.156. The number of anilines is 2. The predicted molar refractivity (Wildman–Crippen MR) is 116 cm³/mol. The maximum absolute atomic E-state index is 6.23. The van der Waals surface area contributed by atoms with Crippen molar-refractivity contribution in [2.75, 3.05) is 31.5 Å². The van der Waals surface area contributed by atoms with E-state index in [-0.39, 0.29) is 5.34 Å². The molecule has 1 fully saturated rings. The highest BCUT2D eigenvalue weighted by atomic mass is 35.5. The quantitative estimate of drug-likeness (QED) is 0.786. The molecule has 132 valence electrons. The zero-order chi connectivity index (χ0) is 18.3. The lowest BCUT2D eigenvalue weighted by Crippen LogP contribution is -2.57. The molecule has 1 saturated heterocycles. The first-order chi connectivity index (χ1) is 12.4. The second-order valence-corrected chi connectivity index (χ2v) is 8.35. The summed E-state index contributed by atoms with van der Waals surface area (Å²) in [6, 6.07) is 14.2. The van der Waals surface area contributed by atoms with Gasteiger partial charge in [0.05, 0.1) is 11.4 Å². The van der Waals surface area contributed by atoms with Crippen molar-refractivity contribution in [1.82, 2.24) is 9.80 Å². The number of fused-ring (bicyclic) bond motifs is 2. The van der Waals surface area contributed by atoms with Gasteiger partial charge in [-0.1, -0.05) is 30.7 Å². The molecule has 0 atom stereocenters. The summed E-state index contributed by atoms with van der Waals surface area (Å²) in [5.74, 6) is 1.03. The van der Waals surface area contributed by atoms with E-state index < -0.39 is 0 Å². The van der Waals surface area contributed by atoms with Gasteiger partial charge in [-0.3, -0.25) is 0 Å². The van der Waals surface area contributed by atoms with E-state index in [2.05, 4.69) is 62.0 Å². The molecular weight excluding hydrogens is 341 g/mol. The molecule has 2 heterocycles. The molecule has 0 spiro atoms. The van der Waals surface area contributed by atoms with E-state index in [1.54, 1.807) is 0 Å². The second kappa shape index (κ2) is 6.67. The minimum Gasteiger partial charge on any atom is -0.353 e. The molecule has 0 radical (unpaired) electrons. The maximum Gasteiger partial charge on any atom is 0.138 e. The number of halogens is 1. The van der Waals surface area contributed by atoms with Crippen LogP contribution in [0, 0.1) is 0 Å². The Kier molecular flexibility index (Phi) is 4.49. The third-order valence-electron chi connectivity index (χ3n) is 5.15. The van der Waals surface area contributed by atoms with Crippen molar-refractivity contribution in [3.63, 3.8) is 0 Å². The third kappa shape index (κ3) is 3.36. The lowest BCUT2D eigenvalue weighted by Gasteiger charge is -2.43. The number of para-hydroxylation sites is 1. The molecule has 0 amide bonds. The number of amidine groups is 1. The van der Waals surface area contributed by atoms with Crippen molar-refractivity contribution in [2.24, 2.45) is 4.99 Å². The van der Waals surface area contributed by atoms with Crippen molar-refractivity contribution in [3.05, 3.63) is 53.1 Å². The summed E-state index contributed by atoms with van der Waals surface area (Å²) < 4.78 is 0. The molecule has 0 saturated carbocycles. The van der Waals surface area contributed by atoms with Crippen molar-refractivity contribution < 1.29 is 0 Å². The highest BCUT2D eigenvalue weighted by Crippen LogP contribution is 2.36. The summed E-state index contributed by atoms with van der Waals surface area (Å²) >= 11 is 6.23. The Morgan fingerprint density at radius 1 is 1.04 bits per heavy atom. The first-order valence-corrected chi connectivity index (χ1v) is 9.54. The Morgan fingerprint density at radius 2 is 1.77 bits per heavy atom. The molecule has 0 unspecified atom stereocenters. The van der Waals surface area contributed by atoms with Gasteiger partial charge in [-0.05, 0) is 35.7 Å². The van der Waals surface area contributed by atoms with Gasteiger partial charge in [0, 0.05) is 42.5 Å². The highest BCUT2D eigenvalue weighted by Gasteiger charge is 2.29. The summed E-state index contributed by atoms with van der Waals surface area (Å²) in [7, 11) is 4.56. The van der Waals surface area contributed by atoms with Gasteiger partial charge in [0.25, 0.3) is 0 Å². The van der Waals surface area contributed by atoms with Crippen LogP contribution in [0.2, 0.25) is 5.02 Å². The molecule has 0 bridgehead atoms. The van der Waals surface area contributed by atoms with Crippen LogP contribution >= 0.6 is 11.6 Å². The fourth-order valence-electron chi connectivity index (χ4n) is 3.64. The molecule has 2 aliphatic heterocycles. The van der Waals surface area contributed by atoms with Crippen LogP contribution in [0.4, 0.5) is 17.1 Å². The van der Waals surface area contributed by atoms with Gasteiger partial charge < -0.3 is 15.1 Å². The van der Waals surface area contributed by atoms with Crippen LogP contribution in [0.5, 0.6) is 0 Å². The van der Waals surface area contributed by atoms with Gasteiger partial charge in [-0.2, -0.15) is 0 Å². The summed E-state index contributed by atoms with van der Waals surface area (Å²) in [4.78, 5) is 9.97. The Hall–Kier alpha value is -1.91. The minimum absolute atomic E-state index is 0.205. The molecule has 7 heteroatoms. The fourth-order valence-corrected chi connectivity index (χ4v) is 3.81. The van der Waals surface area contributed by atoms with E-state index in [0.717, 1.165) is 54.6 Å².